The van der Waals surface area contributed by atoms with Crippen molar-refractivity contribution < 1.29 is 19.8 Å². The molecule has 0 aromatic rings. The summed E-state index contributed by atoms with van der Waals surface area (Å²) in [5.41, 5.74) is 0. The maximum Gasteiger partial charge on any atom is 0.303 e. The molecular weight excluding hydrogens is 352 g/mol. The van der Waals surface area contributed by atoms with Crippen molar-refractivity contribution in [2.75, 3.05) is 0 Å². The van der Waals surface area contributed by atoms with E-state index in [-0.39, 0.29) is 12.8 Å². The Kier molecular flexibility index (Phi) is 26.0. The van der Waals surface area contributed by atoms with Gasteiger partial charge in [-0.3, -0.25) is 9.59 Å². The fourth-order valence-electron chi connectivity index (χ4n) is 2.62. The summed E-state index contributed by atoms with van der Waals surface area (Å²) in [6.45, 7) is 4.43. The molecule has 0 rings (SSSR count). The van der Waals surface area contributed by atoms with Crippen LogP contribution in [0.5, 0.6) is 0 Å². The highest BCUT2D eigenvalue weighted by molar-refractivity contribution is 5.67. The quantitative estimate of drug-likeness (QED) is 0.185. The Morgan fingerprint density at radius 3 is 1.18 bits per heavy atom. The number of carbonyl (C=O) groups is 2. The standard InChI is InChI=1S/2C12H22O2/c2*1-2-3-4-5-6-7-8-9-10-11-12(13)14/h2*8-9H,2-7,10-11H2,1H3,(H,13,14)/b9-8-;. The Morgan fingerprint density at radius 2 is 0.857 bits per heavy atom. The maximum atomic E-state index is 10.2. The van der Waals surface area contributed by atoms with Crippen LogP contribution in [0.3, 0.4) is 0 Å². The van der Waals surface area contributed by atoms with Crippen LogP contribution in [-0.4, -0.2) is 22.2 Å². The zero-order chi connectivity index (χ0) is 21.3. The van der Waals surface area contributed by atoms with E-state index in [1.807, 2.05) is 12.2 Å². The highest BCUT2D eigenvalue weighted by Gasteiger charge is 1.92. The zero-order valence-corrected chi connectivity index (χ0v) is 18.3. The lowest BCUT2D eigenvalue weighted by atomic mass is 10.1. The number of unbranched alkanes of at least 4 members (excludes halogenated alkanes) is 10. The number of carboxylic acid groups (broad SMARTS) is 2. The molecule has 0 radical (unpaired) electrons. The third-order valence-corrected chi connectivity index (χ3v) is 4.33. The lowest BCUT2D eigenvalue weighted by Crippen LogP contribution is -1.91. The molecule has 4 heteroatoms. The summed E-state index contributed by atoms with van der Waals surface area (Å²) in [6.07, 6.45) is 25.2. The number of hydrogen-bond acceptors (Lipinski definition) is 2. The van der Waals surface area contributed by atoms with Gasteiger partial charge in [0.05, 0.1) is 0 Å². The molecule has 0 aromatic carbocycles. The van der Waals surface area contributed by atoms with Crippen molar-refractivity contribution in [2.45, 2.75) is 117 Å². The van der Waals surface area contributed by atoms with E-state index >= 15 is 0 Å². The van der Waals surface area contributed by atoms with E-state index in [1.165, 1.54) is 64.2 Å². The van der Waals surface area contributed by atoms with Gasteiger partial charge in [0, 0.05) is 12.8 Å². The SMILES string of the molecule is CCCCCCC/C=C\CCC(=O)O.CCCCCCCC=CCCC(=O)O. The number of aliphatic carboxylic acids is 2. The first kappa shape index (κ1) is 28.6. The predicted molar refractivity (Wildman–Crippen MR) is 119 cm³/mol. The molecule has 0 aliphatic heterocycles. The third-order valence-electron chi connectivity index (χ3n) is 4.33. The van der Waals surface area contributed by atoms with Gasteiger partial charge < -0.3 is 10.2 Å². The fourth-order valence-corrected chi connectivity index (χ4v) is 2.62. The Balaban J connectivity index is 0. The topological polar surface area (TPSA) is 74.6 Å². The van der Waals surface area contributed by atoms with Gasteiger partial charge in [-0.2, -0.15) is 0 Å². The van der Waals surface area contributed by atoms with Crippen molar-refractivity contribution in [1.29, 1.82) is 0 Å². The Hall–Kier alpha value is -1.58. The molecule has 0 aliphatic carbocycles. The molecule has 4 nitrogen and oxygen atoms in total. The van der Waals surface area contributed by atoms with Gasteiger partial charge in [0.1, 0.15) is 0 Å². The number of hydrogen-bond donors (Lipinski definition) is 2. The molecule has 0 bridgehead atoms. The van der Waals surface area contributed by atoms with Gasteiger partial charge in [-0.1, -0.05) is 89.5 Å². The van der Waals surface area contributed by atoms with Gasteiger partial charge in [-0.05, 0) is 38.5 Å². The van der Waals surface area contributed by atoms with Crippen LogP contribution in [0.4, 0.5) is 0 Å². The molecular formula is C24H44O4. The summed E-state index contributed by atoms with van der Waals surface area (Å²) >= 11 is 0. The van der Waals surface area contributed by atoms with Crippen LogP contribution in [0, 0.1) is 0 Å². The average molecular weight is 397 g/mol. The van der Waals surface area contributed by atoms with Gasteiger partial charge in [-0.25, -0.2) is 0 Å². The third kappa shape index (κ3) is 32.1. The second kappa shape index (κ2) is 25.4. The minimum Gasteiger partial charge on any atom is -0.481 e. The summed E-state index contributed by atoms with van der Waals surface area (Å²) in [5.74, 6) is -1.42. The van der Waals surface area contributed by atoms with Crippen molar-refractivity contribution in [3.05, 3.63) is 24.3 Å². The van der Waals surface area contributed by atoms with Crippen molar-refractivity contribution in [2.24, 2.45) is 0 Å². The van der Waals surface area contributed by atoms with E-state index in [0.29, 0.717) is 12.8 Å². The summed E-state index contributed by atoms with van der Waals surface area (Å²) in [5, 5.41) is 16.8. The van der Waals surface area contributed by atoms with Crippen LogP contribution in [-0.2, 0) is 9.59 Å². The van der Waals surface area contributed by atoms with E-state index < -0.39 is 11.9 Å². The zero-order valence-electron chi connectivity index (χ0n) is 18.3. The van der Waals surface area contributed by atoms with Crippen LogP contribution in [0.25, 0.3) is 0 Å². The first-order chi connectivity index (χ1) is 13.5. The first-order valence-corrected chi connectivity index (χ1v) is 11.3. The summed E-state index contributed by atoms with van der Waals surface area (Å²) in [4.78, 5) is 20.3. The lowest BCUT2D eigenvalue weighted by molar-refractivity contribution is -0.137. The largest absolute Gasteiger partial charge is 0.481 e. The minimum absolute atomic E-state index is 0.256. The molecule has 0 unspecified atom stereocenters. The lowest BCUT2D eigenvalue weighted by Gasteiger charge is -1.95. The molecule has 0 spiro atoms. The average Bonchev–Trinajstić information content (AvgIpc) is 2.65. The maximum absolute atomic E-state index is 10.2. The fraction of sp³-hybridized carbons (Fsp3) is 0.750. The molecule has 164 valence electrons. The monoisotopic (exact) mass is 396 g/mol. The van der Waals surface area contributed by atoms with Gasteiger partial charge in [-0.15, -0.1) is 0 Å². The molecule has 0 saturated carbocycles. The summed E-state index contributed by atoms with van der Waals surface area (Å²) < 4.78 is 0. The molecule has 0 amide bonds. The summed E-state index contributed by atoms with van der Waals surface area (Å²) in [6, 6.07) is 0. The van der Waals surface area contributed by atoms with Crippen LogP contribution < -0.4 is 0 Å². The van der Waals surface area contributed by atoms with E-state index in [2.05, 4.69) is 26.0 Å². The van der Waals surface area contributed by atoms with E-state index in [1.54, 1.807) is 0 Å². The van der Waals surface area contributed by atoms with Gasteiger partial charge in [0.2, 0.25) is 0 Å². The molecule has 0 aliphatic rings. The van der Waals surface area contributed by atoms with Crippen molar-refractivity contribution in [3.8, 4) is 0 Å². The second-order valence-electron chi connectivity index (χ2n) is 7.21. The van der Waals surface area contributed by atoms with Gasteiger partial charge >= 0.3 is 11.9 Å². The molecule has 0 heterocycles. The number of allylic oxidation sites excluding steroid dienone is 4. The van der Waals surface area contributed by atoms with Crippen LogP contribution in [0.1, 0.15) is 117 Å². The number of rotatable bonds is 18. The Labute approximate surface area is 173 Å². The summed E-state index contributed by atoms with van der Waals surface area (Å²) in [7, 11) is 0. The van der Waals surface area contributed by atoms with E-state index in [0.717, 1.165) is 12.8 Å². The van der Waals surface area contributed by atoms with Crippen LogP contribution >= 0.6 is 0 Å². The van der Waals surface area contributed by atoms with Crippen LogP contribution in [0.15, 0.2) is 24.3 Å². The normalized spacial score (nSPS) is 10.9. The molecule has 2 N–H and O–H groups in total. The van der Waals surface area contributed by atoms with E-state index in [9.17, 15) is 9.59 Å². The van der Waals surface area contributed by atoms with Crippen molar-refractivity contribution in [1.82, 2.24) is 0 Å². The first-order valence-electron chi connectivity index (χ1n) is 11.3. The molecule has 0 fully saturated rings. The smallest absolute Gasteiger partial charge is 0.303 e. The van der Waals surface area contributed by atoms with Crippen LogP contribution in [0.2, 0.25) is 0 Å². The predicted octanol–water partition coefficient (Wildman–Crippen LogP) is 7.54. The van der Waals surface area contributed by atoms with Gasteiger partial charge in [0.15, 0.2) is 0 Å². The van der Waals surface area contributed by atoms with E-state index in [4.69, 9.17) is 10.2 Å². The second-order valence-corrected chi connectivity index (χ2v) is 7.21. The highest BCUT2D eigenvalue weighted by Crippen LogP contribution is 2.06. The van der Waals surface area contributed by atoms with Crippen molar-refractivity contribution in [3.63, 3.8) is 0 Å². The number of carboxylic acids is 2. The minimum atomic E-state index is -0.711. The Bertz CT molecular complexity index is 361. The van der Waals surface area contributed by atoms with Gasteiger partial charge in [0.25, 0.3) is 0 Å². The molecule has 0 saturated heterocycles. The Morgan fingerprint density at radius 1 is 0.536 bits per heavy atom. The molecule has 0 aromatic heterocycles. The molecule has 28 heavy (non-hydrogen) atoms. The highest BCUT2D eigenvalue weighted by atomic mass is 16.4. The van der Waals surface area contributed by atoms with Crippen molar-refractivity contribution >= 4 is 11.9 Å². The molecule has 0 atom stereocenters.